The van der Waals surface area contributed by atoms with Crippen LogP contribution in [0, 0.1) is 5.92 Å². The first-order valence-corrected chi connectivity index (χ1v) is 12.0. The molecule has 3 amide bonds. The molecular weight excluding hydrogens is 424 g/mol. The van der Waals surface area contributed by atoms with Crippen molar-refractivity contribution in [2.24, 2.45) is 11.7 Å². The van der Waals surface area contributed by atoms with Crippen LogP contribution in [0.5, 0.6) is 0 Å². The Labute approximate surface area is 192 Å². The average molecular weight is 453 g/mol. The maximum Gasteiger partial charge on any atom is 0.256 e. The molecule has 0 saturated carbocycles. The van der Waals surface area contributed by atoms with E-state index in [1.54, 1.807) is 27.6 Å². The van der Waals surface area contributed by atoms with Crippen molar-refractivity contribution in [3.63, 3.8) is 0 Å². The van der Waals surface area contributed by atoms with Gasteiger partial charge in [-0.05, 0) is 47.6 Å². The smallest absolute Gasteiger partial charge is 0.256 e. The number of nitrogens with zero attached hydrogens (tertiary/aromatic N) is 2. The van der Waals surface area contributed by atoms with E-state index in [9.17, 15) is 14.4 Å². The molecule has 0 spiro atoms. The Kier molecular flexibility index (Phi) is 6.26. The van der Waals surface area contributed by atoms with E-state index in [0.29, 0.717) is 24.3 Å². The summed E-state index contributed by atoms with van der Waals surface area (Å²) in [4.78, 5) is 43.5. The molecule has 0 aromatic heterocycles. The summed E-state index contributed by atoms with van der Waals surface area (Å²) in [6.45, 7) is 4.58. The summed E-state index contributed by atoms with van der Waals surface area (Å²) in [6, 6.07) is 12.3. The highest BCUT2D eigenvalue weighted by molar-refractivity contribution is 7.98. The van der Waals surface area contributed by atoms with Crippen molar-refractivity contribution in [1.82, 2.24) is 9.80 Å². The summed E-state index contributed by atoms with van der Waals surface area (Å²) in [5.74, 6) is -0.675. The maximum atomic E-state index is 13.4. The minimum atomic E-state index is -0.740. The number of carbonyl (C=O) groups is 3. The van der Waals surface area contributed by atoms with Gasteiger partial charge < -0.3 is 20.9 Å². The van der Waals surface area contributed by atoms with E-state index < -0.39 is 12.1 Å². The minimum absolute atomic E-state index is 0.00205. The summed E-state index contributed by atoms with van der Waals surface area (Å²) in [5.41, 5.74) is 8.91. The highest BCUT2D eigenvalue weighted by Crippen LogP contribution is 2.31. The molecule has 1 saturated heterocycles. The number of amides is 3. The molecule has 2 aliphatic rings. The van der Waals surface area contributed by atoms with Crippen LogP contribution in [-0.4, -0.2) is 65.5 Å². The second kappa shape index (κ2) is 8.96. The molecule has 2 atom stereocenters. The van der Waals surface area contributed by atoms with Crippen LogP contribution in [0.2, 0.25) is 0 Å². The number of fused-ring (bicyclic) bond motifs is 2. The molecule has 32 heavy (non-hydrogen) atoms. The molecule has 2 aromatic rings. The lowest BCUT2D eigenvalue weighted by molar-refractivity contribution is -0.137. The Balaban J connectivity index is 1.61. The Morgan fingerprint density at radius 1 is 1.09 bits per heavy atom. The van der Waals surface area contributed by atoms with Crippen molar-refractivity contribution < 1.29 is 14.4 Å². The van der Waals surface area contributed by atoms with Gasteiger partial charge in [-0.2, -0.15) is 0 Å². The third-order valence-electron chi connectivity index (χ3n) is 6.19. The number of benzene rings is 2. The van der Waals surface area contributed by atoms with Gasteiger partial charge in [-0.1, -0.05) is 32.0 Å². The van der Waals surface area contributed by atoms with Gasteiger partial charge in [-0.25, -0.2) is 0 Å². The van der Waals surface area contributed by atoms with Crippen LogP contribution < -0.4 is 11.1 Å². The first-order valence-electron chi connectivity index (χ1n) is 10.7. The van der Waals surface area contributed by atoms with Crippen LogP contribution in [0.4, 0.5) is 5.69 Å². The van der Waals surface area contributed by atoms with Crippen molar-refractivity contribution >= 4 is 35.2 Å². The van der Waals surface area contributed by atoms with Gasteiger partial charge in [0.25, 0.3) is 5.91 Å². The molecule has 0 bridgehead atoms. The van der Waals surface area contributed by atoms with Crippen molar-refractivity contribution in [2.75, 3.05) is 31.2 Å². The maximum absolute atomic E-state index is 13.4. The third kappa shape index (κ3) is 4.12. The molecule has 7 nitrogen and oxygen atoms in total. The van der Waals surface area contributed by atoms with Crippen molar-refractivity contribution in [3.8, 4) is 11.1 Å². The standard InChI is InChI=1S/C24H28N4O3S/c1-14(2)21(25)24(31)27-10-11-28-20(13-27)22(29)26-19-9-6-16(12-18(19)23(28)30)15-4-7-17(32-3)8-5-15/h4-9,12,14,20-21H,10-11,13,25H2,1-3H3,(H,26,29). The zero-order valence-electron chi connectivity index (χ0n) is 18.5. The zero-order chi connectivity index (χ0) is 23.0. The second-order valence-electron chi connectivity index (χ2n) is 8.55. The van der Waals surface area contributed by atoms with Gasteiger partial charge >= 0.3 is 0 Å². The van der Waals surface area contributed by atoms with Gasteiger partial charge in [-0.15, -0.1) is 11.8 Å². The van der Waals surface area contributed by atoms with E-state index in [2.05, 4.69) is 5.32 Å². The lowest BCUT2D eigenvalue weighted by Crippen LogP contribution is -2.61. The van der Waals surface area contributed by atoms with E-state index in [4.69, 9.17) is 5.73 Å². The molecule has 3 N–H and O–H groups in total. The fourth-order valence-electron chi connectivity index (χ4n) is 4.11. The van der Waals surface area contributed by atoms with Gasteiger partial charge in [0.05, 0.1) is 23.8 Å². The SMILES string of the molecule is CSc1ccc(-c2ccc3c(c2)C(=O)N2CCN(C(=O)C(N)C(C)C)CC2C(=O)N3)cc1. The predicted molar refractivity (Wildman–Crippen MR) is 127 cm³/mol. The lowest BCUT2D eigenvalue weighted by atomic mass is 10.0. The number of hydrogen-bond donors (Lipinski definition) is 2. The van der Waals surface area contributed by atoms with Gasteiger partial charge in [0.2, 0.25) is 11.8 Å². The van der Waals surface area contributed by atoms with Crippen LogP contribution >= 0.6 is 11.8 Å². The molecule has 2 heterocycles. The van der Waals surface area contributed by atoms with Gasteiger partial charge in [0, 0.05) is 18.0 Å². The van der Waals surface area contributed by atoms with Gasteiger partial charge in [0.15, 0.2) is 0 Å². The average Bonchev–Trinajstić information content (AvgIpc) is 2.92. The monoisotopic (exact) mass is 452 g/mol. The second-order valence-corrected chi connectivity index (χ2v) is 9.43. The fraction of sp³-hybridized carbons (Fsp3) is 0.375. The number of rotatable bonds is 4. The van der Waals surface area contributed by atoms with Crippen LogP contribution in [0.1, 0.15) is 24.2 Å². The Morgan fingerprint density at radius 2 is 1.78 bits per heavy atom. The first kappa shape index (κ1) is 22.4. The number of piperazine rings is 1. The number of hydrogen-bond acceptors (Lipinski definition) is 5. The minimum Gasteiger partial charge on any atom is -0.337 e. The Bertz CT molecular complexity index is 1050. The van der Waals surface area contributed by atoms with Gasteiger partial charge in [0.1, 0.15) is 6.04 Å². The summed E-state index contributed by atoms with van der Waals surface area (Å²) in [7, 11) is 0. The van der Waals surface area contributed by atoms with E-state index in [0.717, 1.165) is 11.1 Å². The molecular formula is C24H28N4O3S. The third-order valence-corrected chi connectivity index (χ3v) is 6.93. The molecule has 2 aromatic carbocycles. The van der Waals surface area contributed by atoms with Crippen molar-refractivity contribution in [3.05, 3.63) is 48.0 Å². The Hall–Kier alpha value is -2.84. The molecule has 1 fully saturated rings. The van der Waals surface area contributed by atoms with Crippen molar-refractivity contribution in [1.29, 1.82) is 0 Å². The fourth-order valence-corrected chi connectivity index (χ4v) is 4.52. The molecule has 8 heteroatoms. The van der Waals surface area contributed by atoms with E-state index in [1.165, 1.54) is 4.90 Å². The van der Waals surface area contributed by atoms with Gasteiger partial charge in [-0.3, -0.25) is 14.4 Å². The van der Waals surface area contributed by atoms with E-state index in [-0.39, 0.29) is 30.2 Å². The van der Waals surface area contributed by atoms with Crippen molar-refractivity contribution in [2.45, 2.75) is 30.8 Å². The number of carbonyl (C=O) groups excluding carboxylic acids is 3. The van der Waals surface area contributed by atoms with Crippen LogP contribution in [-0.2, 0) is 9.59 Å². The quantitative estimate of drug-likeness (QED) is 0.696. The summed E-state index contributed by atoms with van der Waals surface area (Å²) in [5, 5.41) is 2.89. The number of nitrogens with one attached hydrogen (secondary N) is 1. The molecule has 0 radical (unpaired) electrons. The molecule has 2 aliphatic heterocycles. The van der Waals surface area contributed by atoms with E-state index >= 15 is 0 Å². The topological polar surface area (TPSA) is 95.7 Å². The number of anilines is 1. The molecule has 168 valence electrons. The van der Waals surface area contributed by atoms with Crippen LogP contribution in [0.15, 0.2) is 47.4 Å². The normalized spacial score (nSPS) is 19.2. The Morgan fingerprint density at radius 3 is 2.44 bits per heavy atom. The number of thioether (sulfide) groups is 1. The zero-order valence-corrected chi connectivity index (χ0v) is 19.3. The van der Waals surface area contributed by atoms with E-state index in [1.807, 2.05) is 56.5 Å². The summed E-state index contributed by atoms with van der Waals surface area (Å²) in [6.07, 6.45) is 2.03. The predicted octanol–water partition coefficient (Wildman–Crippen LogP) is 2.66. The summed E-state index contributed by atoms with van der Waals surface area (Å²) < 4.78 is 0. The molecule has 2 unspecified atom stereocenters. The van der Waals surface area contributed by atoms with Crippen LogP contribution in [0.25, 0.3) is 11.1 Å². The number of nitrogens with two attached hydrogens (primary N) is 1. The highest BCUT2D eigenvalue weighted by Gasteiger charge is 2.41. The summed E-state index contributed by atoms with van der Waals surface area (Å²) >= 11 is 1.67. The molecule has 4 rings (SSSR count). The molecule has 0 aliphatic carbocycles. The highest BCUT2D eigenvalue weighted by atomic mass is 32.2. The first-order chi connectivity index (χ1) is 15.3. The largest absolute Gasteiger partial charge is 0.337 e. The lowest BCUT2D eigenvalue weighted by Gasteiger charge is -2.40. The van der Waals surface area contributed by atoms with Crippen LogP contribution in [0.3, 0.4) is 0 Å².